The van der Waals surface area contributed by atoms with Gasteiger partial charge in [0.25, 0.3) is 7.41 Å². The summed E-state index contributed by atoms with van der Waals surface area (Å²) in [6.07, 6.45) is 7.13. The Morgan fingerprint density at radius 3 is 3.00 bits per heavy atom. The number of carbonyl (C=O) groups excluding carboxylic acids is 1. The van der Waals surface area contributed by atoms with Crippen LogP contribution in [-0.4, -0.2) is 48.6 Å². The summed E-state index contributed by atoms with van der Waals surface area (Å²) in [5, 5.41) is 0. The highest BCUT2D eigenvalue weighted by Crippen LogP contribution is 2.18. The van der Waals surface area contributed by atoms with Gasteiger partial charge in [0.05, 0.1) is 31.4 Å². The first kappa shape index (κ1) is 11.8. The first-order chi connectivity index (χ1) is 8.33. The Kier molecular flexibility index (Phi) is 3.87. The summed E-state index contributed by atoms with van der Waals surface area (Å²) in [5.41, 5.74) is 1.92. The summed E-state index contributed by atoms with van der Waals surface area (Å²) in [7, 11) is 3.12. The van der Waals surface area contributed by atoms with Gasteiger partial charge in [-0.05, 0) is 18.5 Å². The fourth-order valence-corrected chi connectivity index (χ4v) is 1.75. The molecule has 2 rings (SSSR count). The van der Waals surface area contributed by atoms with Gasteiger partial charge in [0, 0.05) is 6.54 Å². The van der Waals surface area contributed by atoms with Gasteiger partial charge >= 0.3 is 0 Å². The van der Waals surface area contributed by atoms with E-state index in [0.29, 0.717) is 12.4 Å². The minimum atomic E-state index is 0.501. The van der Waals surface area contributed by atoms with Gasteiger partial charge in [-0.25, -0.2) is 9.97 Å². The number of carbonyl (C=O) groups is 1. The van der Waals surface area contributed by atoms with Gasteiger partial charge in [0.1, 0.15) is 0 Å². The quantitative estimate of drug-likeness (QED) is 0.553. The van der Waals surface area contributed by atoms with E-state index in [1.165, 1.54) is 0 Å². The van der Waals surface area contributed by atoms with Crippen LogP contribution in [0.15, 0.2) is 18.5 Å². The molecule has 87 valence electrons. The van der Waals surface area contributed by atoms with E-state index in [1.807, 2.05) is 4.81 Å². The Bertz CT molecular complexity index is 419. The van der Waals surface area contributed by atoms with E-state index in [9.17, 15) is 4.79 Å². The van der Waals surface area contributed by atoms with E-state index in [2.05, 4.69) is 16.0 Å². The summed E-state index contributed by atoms with van der Waals surface area (Å²) >= 11 is 0. The summed E-state index contributed by atoms with van der Waals surface area (Å²) in [6, 6.07) is 0. The Labute approximate surface area is 101 Å². The zero-order valence-corrected chi connectivity index (χ0v) is 9.67. The van der Waals surface area contributed by atoms with Gasteiger partial charge in [0.2, 0.25) is 5.88 Å². The van der Waals surface area contributed by atoms with Crippen LogP contribution in [0.5, 0.6) is 5.88 Å². The number of ether oxygens (including phenoxy) is 1. The van der Waals surface area contributed by atoms with Gasteiger partial charge < -0.3 is 14.3 Å². The Morgan fingerprint density at radius 1 is 1.47 bits per heavy atom. The molecular weight excluding hydrogens is 217 g/mol. The lowest BCUT2D eigenvalue weighted by Gasteiger charge is -2.24. The minimum absolute atomic E-state index is 0.501. The van der Waals surface area contributed by atoms with Crippen molar-refractivity contribution < 1.29 is 9.53 Å². The van der Waals surface area contributed by atoms with Crippen molar-refractivity contribution in [2.45, 2.75) is 6.42 Å². The van der Waals surface area contributed by atoms with Gasteiger partial charge in [-0.15, -0.1) is 0 Å². The maximum absolute atomic E-state index is 10.4. The van der Waals surface area contributed by atoms with Crippen LogP contribution >= 0.6 is 0 Å². The largest absolute Gasteiger partial charge is 0.480 e. The standard InChI is InChI=1S/C11H13BN3O2/c1-17-11-6-13-10(5-14-11)9-3-2-4-15(7-9)12-8-16/h3,5-6,8H,2,4,7H2,1H3. The van der Waals surface area contributed by atoms with E-state index in [1.54, 1.807) is 26.9 Å². The number of aromatic nitrogens is 2. The van der Waals surface area contributed by atoms with Crippen molar-refractivity contribution >= 4 is 19.2 Å². The second-order valence-corrected chi connectivity index (χ2v) is 3.72. The molecule has 0 spiro atoms. The molecule has 1 aliphatic rings. The molecule has 1 radical (unpaired) electrons. The highest BCUT2D eigenvalue weighted by molar-refractivity contribution is 6.64. The normalized spacial score (nSPS) is 16.2. The third-order valence-electron chi connectivity index (χ3n) is 2.62. The van der Waals surface area contributed by atoms with E-state index in [4.69, 9.17) is 4.74 Å². The van der Waals surface area contributed by atoms with E-state index >= 15 is 0 Å². The zero-order valence-electron chi connectivity index (χ0n) is 9.67. The van der Waals surface area contributed by atoms with Gasteiger partial charge in [0.15, 0.2) is 0 Å². The molecule has 0 bridgehead atoms. The number of hydrogen-bond donors (Lipinski definition) is 0. The highest BCUT2D eigenvalue weighted by atomic mass is 16.5. The molecule has 1 aliphatic heterocycles. The third-order valence-corrected chi connectivity index (χ3v) is 2.62. The number of rotatable bonds is 4. The number of hydrogen-bond acceptors (Lipinski definition) is 5. The molecule has 1 aromatic rings. The Hall–Kier alpha value is -1.69. The monoisotopic (exact) mass is 230 g/mol. The maximum Gasteiger partial charge on any atom is 0.293 e. The van der Waals surface area contributed by atoms with Crippen molar-refractivity contribution in [1.82, 2.24) is 14.8 Å². The van der Waals surface area contributed by atoms with Crippen LogP contribution in [0.3, 0.4) is 0 Å². The van der Waals surface area contributed by atoms with Crippen molar-refractivity contribution in [2.24, 2.45) is 0 Å². The second kappa shape index (κ2) is 5.59. The third kappa shape index (κ3) is 2.91. The minimum Gasteiger partial charge on any atom is -0.480 e. The molecule has 0 aromatic carbocycles. The molecule has 1 aromatic heterocycles. The fraction of sp³-hybridized carbons (Fsp3) is 0.364. The average Bonchev–Trinajstić information content (AvgIpc) is 2.40. The predicted molar refractivity (Wildman–Crippen MR) is 65.3 cm³/mol. The van der Waals surface area contributed by atoms with Crippen LogP contribution in [-0.2, 0) is 4.79 Å². The summed E-state index contributed by atoms with van der Waals surface area (Å²) in [5.74, 6) is 0.501. The van der Waals surface area contributed by atoms with E-state index in [-0.39, 0.29) is 0 Å². The molecule has 0 amide bonds. The van der Waals surface area contributed by atoms with Crippen LogP contribution < -0.4 is 4.74 Å². The van der Waals surface area contributed by atoms with Crippen molar-refractivity contribution in [3.05, 3.63) is 24.2 Å². The molecule has 0 saturated carbocycles. The molecule has 0 atom stereocenters. The van der Waals surface area contributed by atoms with Gasteiger partial charge in [-0.3, -0.25) is 0 Å². The first-order valence-corrected chi connectivity index (χ1v) is 5.41. The lowest BCUT2D eigenvalue weighted by molar-refractivity contribution is 0.395. The van der Waals surface area contributed by atoms with E-state index in [0.717, 1.165) is 30.4 Å². The van der Waals surface area contributed by atoms with Crippen LogP contribution in [0.25, 0.3) is 5.57 Å². The lowest BCUT2D eigenvalue weighted by Crippen LogP contribution is -2.33. The van der Waals surface area contributed by atoms with Gasteiger partial charge in [-0.1, -0.05) is 6.08 Å². The van der Waals surface area contributed by atoms with E-state index < -0.39 is 0 Å². The molecule has 0 N–H and O–H groups in total. The maximum atomic E-state index is 10.4. The molecule has 6 heteroatoms. The number of nitrogens with zero attached hydrogens (tertiary/aromatic N) is 3. The molecule has 0 saturated heterocycles. The molecule has 0 aliphatic carbocycles. The van der Waals surface area contributed by atoms with Crippen molar-refractivity contribution in [3.63, 3.8) is 0 Å². The van der Waals surface area contributed by atoms with Crippen LogP contribution in [0, 0.1) is 0 Å². The van der Waals surface area contributed by atoms with Crippen LogP contribution in [0.4, 0.5) is 0 Å². The van der Waals surface area contributed by atoms with Crippen LogP contribution in [0.1, 0.15) is 12.1 Å². The first-order valence-electron chi connectivity index (χ1n) is 5.41. The second-order valence-electron chi connectivity index (χ2n) is 3.72. The van der Waals surface area contributed by atoms with Crippen molar-refractivity contribution in [3.8, 4) is 5.88 Å². The SMILES string of the molecule is COc1cnc(C2=CCCN([B]C=O)C2)cn1. The Balaban J connectivity index is 2.10. The Morgan fingerprint density at radius 2 is 2.35 bits per heavy atom. The highest BCUT2D eigenvalue weighted by Gasteiger charge is 2.15. The zero-order chi connectivity index (χ0) is 12.1. The summed E-state index contributed by atoms with van der Waals surface area (Å²) in [6.45, 7) is 1.56. The molecule has 0 fully saturated rings. The molecular formula is C11H13BN3O2. The summed E-state index contributed by atoms with van der Waals surface area (Å²) in [4.78, 5) is 20.8. The lowest BCUT2D eigenvalue weighted by atomic mass is 9.90. The van der Waals surface area contributed by atoms with Gasteiger partial charge in [-0.2, -0.15) is 0 Å². The smallest absolute Gasteiger partial charge is 0.293 e. The van der Waals surface area contributed by atoms with Crippen molar-refractivity contribution in [2.75, 3.05) is 20.2 Å². The van der Waals surface area contributed by atoms with Crippen molar-refractivity contribution in [1.29, 1.82) is 0 Å². The van der Waals surface area contributed by atoms with Crippen LogP contribution in [0.2, 0.25) is 0 Å². The molecule has 2 heterocycles. The summed E-state index contributed by atoms with van der Waals surface area (Å²) < 4.78 is 4.96. The average molecular weight is 230 g/mol. The molecule has 17 heavy (non-hydrogen) atoms. The fourth-order valence-electron chi connectivity index (χ4n) is 1.75. The predicted octanol–water partition coefficient (Wildman–Crippen LogP) is 0.384. The molecule has 0 unspecified atom stereocenters. The topological polar surface area (TPSA) is 55.3 Å². The molecule has 5 nitrogen and oxygen atoms in total. The number of methoxy groups -OCH3 is 1.